The van der Waals surface area contributed by atoms with Gasteiger partial charge in [0, 0.05) is 19.0 Å². The van der Waals surface area contributed by atoms with Gasteiger partial charge in [0.15, 0.2) is 0 Å². The molecule has 110 valence electrons. The maximum Gasteiger partial charge on any atom is 0.239 e. The van der Waals surface area contributed by atoms with E-state index in [1.54, 1.807) is 0 Å². The minimum Gasteiger partial charge on any atom is -0.389 e. The topological polar surface area (TPSA) is 66.6 Å². The van der Waals surface area contributed by atoms with Gasteiger partial charge in [0.2, 0.25) is 5.91 Å². The number of nitrogens with two attached hydrogens (primary N) is 1. The molecule has 3 unspecified atom stereocenters. The molecule has 1 heterocycles. The second kappa shape index (κ2) is 5.80. The van der Waals surface area contributed by atoms with Gasteiger partial charge in [-0.25, -0.2) is 0 Å². The molecule has 1 saturated carbocycles. The van der Waals surface area contributed by atoms with E-state index in [0.29, 0.717) is 19.0 Å². The van der Waals surface area contributed by atoms with Crippen LogP contribution in [0.15, 0.2) is 0 Å². The van der Waals surface area contributed by atoms with E-state index in [2.05, 4.69) is 13.8 Å². The zero-order valence-electron chi connectivity index (χ0n) is 12.3. The Morgan fingerprint density at radius 2 is 2.16 bits per heavy atom. The van der Waals surface area contributed by atoms with Crippen molar-refractivity contribution in [3.63, 3.8) is 0 Å². The maximum absolute atomic E-state index is 12.3. The van der Waals surface area contributed by atoms with Crippen LogP contribution in [0.25, 0.3) is 0 Å². The summed E-state index contributed by atoms with van der Waals surface area (Å²) in [5, 5.41) is 10.6. The molecule has 4 heteroatoms. The number of aliphatic hydroxyl groups is 1. The summed E-state index contributed by atoms with van der Waals surface area (Å²) >= 11 is 0. The number of fused-ring (bicyclic) bond motifs is 1. The third kappa shape index (κ3) is 3.29. The number of hydrogen-bond donors (Lipinski definition) is 2. The number of hydrogen-bond acceptors (Lipinski definition) is 3. The molecule has 0 spiro atoms. The second-order valence-corrected chi connectivity index (χ2v) is 6.82. The minimum atomic E-state index is -0.517. The molecule has 1 aliphatic heterocycles. The molecule has 2 fully saturated rings. The summed E-state index contributed by atoms with van der Waals surface area (Å²) in [5.41, 5.74) is 5.48. The van der Waals surface area contributed by atoms with Crippen LogP contribution in [0.1, 0.15) is 52.4 Å². The highest BCUT2D eigenvalue weighted by Crippen LogP contribution is 2.39. The molecule has 0 aromatic heterocycles. The Hall–Kier alpha value is -0.610. The fourth-order valence-electron chi connectivity index (χ4n) is 3.61. The van der Waals surface area contributed by atoms with Crippen molar-refractivity contribution in [2.45, 2.75) is 64.0 Å². The van der Waals surface area contributed by atoms with Gasteiger partial charge in [-0.1, -0.05) is 26.7 Å². The monoisotopic (exact) mass is 268 g/mol. The average Bonchev–Trinajstić information content (AvgIpc) is 2.36. The quantitative estimate of drug-likeness (QED) is 0.815. The first-order valence-corrected chi connectivity index (χ1v) is 7.69. The molecule has 2 aliphatic rings. The Balaban J connectivity index is 1.94. The Labute approximate surface area is 116 Å². The third-order valence-corrected chi connectivity index (χ3v) is 4.78. The van der Waals surface area contributed by atoms with E-state index < -0.39 is 5.60 Å². The Kier molecular flexibility index (Phi) is 4.51. The van der Waals surface area contributed by atoms with E-state index >= 15 is 0 Å². The minimum absolute atomic E-state index is 0.0707. The van der Waals surface area contributed by atoms with E-state index in [1.807, 2.05) is 4.90 Å². The summed E-state index contributed by atoms with van der Waals surface area (Å²) in [6.45, 7) is 5.53. The first-order valence-electron chi connectivity index (χ1n) is 7.69. The number of carbonyl (C=O) groups excluding carboxylic acids is 1. The van der Waals surface area contributed by atoms with Gasteiger partial charge in [-0.3, -0.25) is 4.79 Å². The summed E-state index contributed by atoms with van der Waals surface area (Å²) in [7, 11) is 0. The van der Waals surface area contributed by atoms with Crippen LogP contribution in [0.5, 0.6) is 0 Å². The Morgan fingerprint density at radius 1 is 1.42 bits per heavy atom. The Morgan fingerprint density at radius 3 is 2.84 bits per heavy atom. The van der Waals surface area contributed by atoms with E-state index in [1.165, 1.54) is 6.42 Å². The number of rotatable bonds is 3. The van der Waals surface area contributed by atoms with Crippen LogP contribution in [-0.4, -0.2) is 40.6 Å². The van der Waals surface area contributed by atoms with Crippen LogP contribution in [-0.2, 0) is 4.79 Å². The maximum atomic E-state index is 12.3. The molecule has 4 nitrogen and oxygen atoms in total. The van der Waals surface area contributed by atoms with E-state index in [0.717, 1.165) is 32.1 Å². The van der Waals surface area contributed by atoms with Crippen molar-refractivity contribution in [3.8, 4) is 0 Å². The van der Waals surface area contributed by atoms with Gasteiger partial charge in [-0.2, -0.15) is 0 Å². The highest BCUT2D eigenvalue weighted by molar-refractivity contribution is 5.81. The molecular formula is C15H28N2O2. The van der Waals surface area contributed by atoms with Gasteiger partial charge in [0.25, 0.3) is 0 Å². The van der Waals surface area contributed by atoms with Crippen LogP contribution in [0.3, 0.4) is 0 Å². The zero-order chi connectivity index (χ0) is 14.0. The van der Waals surface area contributed by atoms with Gasteiger partial charge in [-0.05, 0) is 31.6 Å². The first kappa shape index (κ1) is 14.8. The molecule has 3 N–H and O–H groups in total. The highest BCUT2D eigenvalue weighted by atomic mass is 16.3. The molecule has 3 atom stereocenters. The summed E-state index contributed by atoms with van der Waals surface area (Å²) in [6, 6.07) is -0.380. The molecule has 1 saturated heterocycles. The lowest BCUT2D eigenvalue weighted by atomic mass is 9.71. The summed E-state index contributed by atoms with van der Waals surface area (Å²) in [4.78, 5) is 14.2. The lowest BCUT2D eigenvalue weighted by Gasteiger charge is -2.47. The van der Waals surface area contributed by atoms with Crippen LogP contribution in [0.2, 0.25) is 0 Å². The van der Waals surface area contributed by atoms with Crippen molar-refractivity contribution < 1.29 is 9.90 Å². The molecule has 0 aromatic rings. The molecule has 0 bridgehead atoms. The number of nitrogens with zero attached hydrogens (tertiary/aromatic N) is 1. The third-order valence-electron chi connectivity index (χ3n) is 4.78. The molecule has 0 radical (unpaired) electrons. The van der Waals surface area contributed by atoms with E-state index in [4.69, 9.17) is 5.73 Å². The van der Waals surface area contributed by atoms with Crippen molar-refractivity contribution in [1.82, 2.24) is 4.90 Å². The van der Waals surface area contributed by atoms with Gasteiger partial charge in [0.05, 0.1) is 11.6 Å². The SMILES string of the molecule is CC(C)CC(N)C(=O)N1CCC2(O)CCCCC2C1. The van der Waals surface area contributed by atoms with Crippen LogP contribution in [0.4, 0.5) is 0 Å². The van der Waals surface area contributed by atoms with Crippen molar-refractivity contribution in [2.24, 2.45) is 17.6 Å². The van der Waals surface area contributed by atoms with Crippen LogP contribution >= 0.6 is 0 Å². The molecule has 1 amide bonds. The molecule has 0 aromatic carbocycles. The summed E-state index contributed by atoms with van der Waals surface area (Å²) in [6.07, 6.45) is 5.69. The largest absolute Gasteiger partial charge is 0.389 e. The lowest BCUT2D eigenvalue weighted by molar-refractivity contribution is -0.145. The van der Waals surface area contributed by atoms with Gasteiger partial charge in [0.1, 0.15) is 0 Å². The predicted octanol–water partition coefficient (Wildman–Crippen LogP) is 1.51. The standard InChI is InChI=1S/C15H28N2O2/c1-11(2)9-13(16)14(18)17-8-7-15(19)6-4-3-5-12(15)10-17/h11-13,19H,3-10,16H2,1-2H3. The summed E-state index contributed by atoms with van der Waals surface area (Å²) in [5.74, 6) is 0.766. The number of amides is 1. The van der Waals surface area contributed by atoms with Crippen molar-refractivity contribution >= 4 is 5.91 Å². The molecule has 2 rings (SSSR count). The molecule has 1 aliphatic carbocycles. The number of likely N-dealkylation sites (tertiary alicyclic amines) is 1. The lowest BCUT2D eigenvalue weighted by Crippen LogP contribution is -2.57. The molecular weight excluding hydrogens is 240 g/mol. The zero-order valence-corrected chi connectivity index (χ0v) is 12.3. The fraction of sp³-hybridized carbons (Fsp3) is 0.933. The van der Waals surface area contributed by atoms with Gasteiger partial charge in [-0.15, -0.1) is 0 Å². The van der Waals surface area contributed by atoms with Crippen LogP contribution < -0.4 is 5.73 Å². The van der Waals surface area contributed by atoms with Gasteiger partial charge >= 0.3 is 0 Å². The first-order chi connectivity index (χ1) is 8.92. The van der Waals surface area contributed by atoms with Crippen molar-refractivity contribution in [2.75, 3.05) is 13.1 Å². The number of piperidine rings is 1. The second-order valence-electron chi connectivity index (χ2n) is 6.82. The average molecular weight is 268 g/mol. The van der Waals surface area contributed by atoms with Crippen molar-refractivity contribution in [1.29, 1.82) is 0 Å². The molecule has 19 heavy (non-hydrogen) atoms. The van der Waals surface area contributed by atoms with E-state index in [9.17, 15) is 9.90 Å². The normalized spacial score (nSPS) is 33.1. The fourth-order valence-corrected chi connectivity index (χ4v) is 3.61. The highest BCUT2D eigenvalue weighted by Gasteiger charge is 2.44. The smallest absolute Gasteiger partial charge is 0.239 e. The van der Waals surface area contributed by atoms with E-state index in [-0.39, 0.29) is 17.9 Å². The number of carbonyl (C=O) groups is 1. The predicted molar refractivity (Wildman–Crippen MR) is 75.5 cm³/mol. The van der Waals surface area contributed by atoms with Crippen LogP contribution in [0, 0.1) is 11.8 Å². The van der Waals surface area contributed by atoms with Gasteiger partial charge < -0.3 is 15.7 Å². The Bertz CT molecular complexity index is 332. The van der Waals surface area contributed by atoms with Crippen molar-refractivity contribution in [3.05, 3.63) is 0 Å². The summed E-state index contributed by atoms with van der Waals surface area (Å²) < 4.78 is 0.